The van der Waals surface area contributed by atoms with Gasteiger partial charge in [0.15, 0.2) is 11.9 Å². The lowest BCUT2D eigenvalue weighted by Gasteiger charge is -2.28. The fraction of sp³-hybridized carbons (Fsp3) is 0.625. The molecule has 2 fully saturated rings. The van der Waals surface area contributed by atoms with Crippen LogP contribution in [0.25, 0.3) is 5.52 Å². The number of aliphatic hydroxyl groups is 2. The summed E-state index contributed by atoms with van der Waals surface area (Å²) in [6.07, 6.45) is 2.53. The minimum absolute atomic E-state index is 0.0966. The number of carbonyl (C=O) groups is 3. The smallest absolute Gasteiger partial charge is 0.415 e. The topological polar surface area (TPSA) is 171 Å². The third-order valence-corrected chi connectivity index (χ3v) is 6.90. The second-order valence-corrected chi connectivity index (χ2v) is 9.49. The molecule has 0 bridgehead atoms. The Balaban J connectivity index is 1.50. The van der Waals surface area contributed by atoms with Gasteiger partial charge in [0, 0.05) is 13.3 Å². The lowest BCUT2D eigenvalue weighted by molar-refractivity contribution is -0.158. The van der Waals surface area contributed by atoms with Gasteiger partial charge in [-0.3, -0.25) is 14.9 Å². The van der Waals surface area contributed by atoms with E-state index in [1.54, 1.807) is 19.1 Å². The van der Waals surface area contributed by atoms with Crippen molar-refractivity contribution < 1.29 is 43.5 Å². The molecular formula is C24H32N4O9. The maximum atomic E-state index is 12.7. The number of hydrogen-bond donors (Lipinski definition) is 3. The highest BCUT2D eigenvalue weighted by Gasteiger charge is 2.55. The van der Waals surface area contributed by atoms with Crippen molar-refractivity contribution in [3.63, 3.8) is 0 Å². The molecule has 1 amide bonds. The number of aliphatic hydroxyl groups excluding tert-OH is 2. The van der Waals surface area contributed by atoms with Crippen LogP contribution in [-0.2, 0) is 34.1 Å². The molecule has 0 spiro atoms. The summed E-state index contributed by atoms with van der Waals surface area (Å²) in [4.78, 5) is 39.6. The molecule has 1 saturated heterocycles. The van der Waals surface area contributed by atoms with Crippen LogP contribution < -0.4 is 5.32 Å². The quantitative estimate of drug-likeness (QED) is 0.341. The van der Waals surface area contributed by atoms with Gasteiger partial charge >= 0.3 is 18.0 Å². The van der Waals surface area contributed by atoms with Crippen molar-refractivity contribution in [2.45, 2.75) is 76.3 Å². The predicted octanol–water partition coefficient (Wildman–Crippen LogP) is 1.65. The van der Waals surface area contributed by atoms with E-state index in [2.05, 4.69) is 20.1 Å². The molecule has 2 aromatic heterocycles. The van der Waals surface area contributed by atoms with Gasteiger partial charge in [-0.1, -0.05) is 19.3 Å². The van der Waals surface area contributed by atoms with Crippen molar-refractivity contribution in [3.8, 4) is 0 Å². The summed E-state index contributed by atoms with van der Waals surface area (Å²) in [6.45, 7) is 1.77. The fourth-order valence-electron chi connectivity index (χ4n) is 4.99. The Morgan fingerprint density at radius 2 is 1.97 bits per heavy atom. The number of hydrogen-bond acceptors (Lipinski definition) is 11. The van der Waals surface area contributed by atoms with Crippen LogP contribution in [0.15, 0.2) is 18.5 Å². The highest BCUT2D eigenvalue weighted by atomic mass is 16.7. The monoisotopic (exact) mass is 520 g/mol. The molecule has 0 radical (unpaired) electrons. The van der Waals surface area contributed by atoms with E-state index >= 15 is 0 Å². The molecular weight excluding hydrogens is 488 g/mol. The number of nitrogens with one attached hydrogen (secondary N) is 1. The number of nitrogens with zero attached hydrogens (tertiary/aromatic N) is 3. The molecule has 37 heavy (non-hydrogen) atoms. The summed E-state index contributed by atoms with van der Waals surface area (Å²) in [5, 5.41) is 27.8. The number of anilines is 1. The van der Waals surface area contributed by atoms with Crippen molar-refractivity contribution in [1.82, 2.24) is 14.6 Å². The van der Waals surface area contributed by atoms with Crippen molar-refractivity contribution in [3.05, 3.63) is 24.2 Å². The van der Waals surface area contributed by atoms with Crippen molar-refractivity contribution in [1.29, 1.82) is 0 Å². The molecule has 1 aliphatic carbocycles. The lowest BCUT2D eigenvalue weighted by Crippen LogP contribution is -2.42. The molecule has 13 heteroatoms. The maximum absolute atomic E-state index is 12.7. The van der Waals surface area contributed by atoms with Gasteiger partial charge in [-0.15, -0.1) is 0 Å². The molecule has 2 aliphatic rings. The van der Waals surface area contributed by atoms with Crippen LogP contribution in [0, 0.1) is 5.92 Å². The van der Waals surface area contributed by atoms with E-state index in [1.807, 2.05) is 0 Å². The summed E-state index contributed by atoms with van der Waals surface area (Å²) >= 11 is 0. The molecule has 0 unspecified atom stereocenters. The SMILES string of the molecule is CC(=O)OCOC(=O)Nc1ncnn2c([C@]3(C)O[C@H](CO)[C@@H](OC(=O)CC4CCCCC4)[C@H]3O)ccc12. The van der Waals surface area contributed by atoms with Crippen LogP contribution in [0.4, 0.5) is 10.6 Å². The third-order valence-electron chi connectivity index (χ3n) is 6.90. The fourth-order valence-corrected chi connectivity index (χ4v) is 4.99. The van der Waals surface area contributed by atoms with Crippen LogP contribution in [0.1, 0.15) is 58.1 Å². The average Bonchev–Trinajstić information content (AvgIpc) is 3.41. The van der Waals surface area contributed by atoms with Crippen molar-refractivity contribution >= 4 is 29.4 Å². The van der Waals surface area contributed by atoms with E-state index in [0.717, 1.165) is 25.7 Å². The Morgan fingerprint density at radius 3 is 2.68 bits per heavy atom. The third kappa shape index (κ3) is 5.84. The van der Waals surface area contributed by atoms with Gasteiger partial charge in [-0.2, -0.15) is 5.10 Å². The number of rotatable bonds is 8. The average molecular weight is 521 g/mol. The first-order valence-electron chi connectivity index (χ1n) is 12.3. The lowest BCUT2D eigenvalue weighted by atomic mass is 9.87. The van der Waals surface area contributed by atoms with E-state index in [-0.39, 0.29) is 18.2 Å². The summed E-state index contributed by atoms with van der Waals surface area (Å²) < 4.78 is 22.5. The molecule has 3 N–H and O–H groups in total. The zero-order chi connectivity index (χ0) is 26.6. The number of fused-ring (bicyclic) bond motifs is 1. The van der Waals surface area contributed by atoms with E-state index in [0.29, 0.717) is 11.2 Å². The number of carbonyl (C=O) groups excluding carboxylic acids is 3. The van der Waals surface area contributed by atoms with E-state index in [1.165, 1.54) is 24.2 Å². The van der Waals surface area contributed by atoms with Gasteiger partial charge in [0.05, 0.1) is 12.3 Å². The van der Waals surface area contributed by atoms with E-state index in [4.69, 9.17) is 14.2 Å². The van der Waals surface area contributed by atoms with Gasteiger partial charge in [0.1, 0.15) is 29.7 Å². The predicted molar refractivity (Wildman–Crippen MR) is 126 cm³/mol. The van der Waals surface area contributed by atoms with Crippen LogP contribution >= 0.6 is 0 Å². The largest absolute Gasteiger partial charge is 0.457 e. The van der Waals surface area contributed by atoms with Crippen LogP contribution in [0.5, 0.6) is 0 Å². The molecule has 1 saturated carbocycles. The maximum Gasteiger partial charge on any atom is 0.415 e. The molecule has 0 aromatic carbocycles. The molecule has 4 atom stereocenters. The molecule has 1 aliphatic heterocycles. The Bertz CT molecular complexity index is 1130. The first kappa shape index (κ1) is 26.8. The Labute approximate surface area is 213 Å². The second kappa shape index (κ2) is 11.4. The summed E-state index contributed by atoms with van der Waals surface area (Å²) in [5.41, 5.74) is -0.660. The normalized spacial score (nSPS) is 26.1. The minimum atomic E-state index is -1.41. The zero-order valence-electron chi connectivity index (χ0n) is 20.8. The molecule has 202 valence electrons. The summed E-state index contributed by atoms with van der Waals surface area (Å²) in [7, 11) is 0. The zero-order valence-corrected chi connectivity index (χ0v) is 20.8. The number of ether oxygens (including phenoxy) is 4. The Hall–Kier alpha value is -3.29. The summed E-state index contributed by atoms with van der Waals surface area (Å²) in [5.74, 6) is -0.670. The van der Waals surface area contributed by atoms with Crippen LogP contribution in [0.3, 0.4) is 0 Å². The number of esters is 2. The highest BCUT2D eigenvalue weighted by molar-refractivity contribution is 5.88. The Morgan fingerprint density at radius 1 is 1.22 bits per heavy atom. The first-order chi connectivity index (χ1) is 17.7. The summed E-state index contributed by atoms with van der Waals surface area (Å²) in [6, 6.07) is 3.23. The number of amides is 1. The molecule has 3 heterocycles. The van der Waals surface area contributed by atoms with Gasteiger partial charge < -0.3 is 29.2 Å². The van der Waals surface area contributed by atoms with Crippen molar-refractivity contribution in [2.24, 2.45) is 5.92 Å². The molecule has 4 rings (SSSR count). The van der Waals surface area contributed by atoms with Gasteiger partial charge in [0.25, 0.3) is 0 Å². The highest BCUT2D eigenvalue weighted by Crippen LogP contribution is 2.42. The second-order valence-electron chi connectivity index (χ2n) is 9.49. The number of aromatic nitrogens is 3. The van der Waals surface area contributed by atoms with Gasteiger partial charge in [-0.25, -0.2) is 14.3 Å². The van der Waals surface area contributed by atoms with Crippen LogP contribution in [0.2, 0.25) is 0 Å². The standard InChI is InChI=1S/C24H32N4O9/c1-14(30)34-13-35-23(33)27-22-16-8-9-18(28(16)26-12-25-22)24(2)21(32)20(17(11-29)37-24)36-19(31)10-15-6-4-3-5-7-15/h8-9,12,15,17,20-21,29,32H,3-7,10-11,13H2,1-2H3,(H,25,26,27,33)/t17-,20-,21-,24+/m1/s1. The van der Waals surface area contributed by atoms with Crippen molar-refractivity contribution in [2.75, 3.05) is 18.7 Å². The van der Waals surface area contributed by atoms with Gasteiger partial charge in [0.2, 0.25) is 6.79 Å². The minimum Gasteiger partial charge on any atom is -0.457 e. The molecule has 13 nitrogen and oxygen atoms in total. The van der Waals surface area contributed by atoms with Gasteiger partial charge in [-0.05, 0) is 37.8 Å². The van der Waals surface area contributed by atoms with E-state index < -0.39 is 55.3 Å². The molecule has 2 aromatic rings. The first-order valence-corrected chi connectivity index (χ1v) is 12.3. The Kier molecular flexibility index (Phi) is 8.25. The van der Waals surface area contributed by atoms with E-state index in [9.17, 15) is 24.6 Å². The van der Waals surface area contributed by atoms with Crippen LogP contribution in [-0.4, -0.2) is 74.6 Å².